The van der Waals surface area contributed by atoms with Crippen LogP contribution in [0.4, 0.5) is 5.95 Å². The number of aromatic nitrogens is 2. The second-order valence-corrected chi connectivity index (χ2v) is 6.81. The Hall–Kier alpha value is -2.41. The number of hydrogen-bond donors (Lipinski definition) is 2. The molecule has 1 aliphatic heterocycles. The number of nitrogens with zero attached hydrogens (tertiary/aromatic N) is 2. The molecule has 0 aliphatic carbocycles. The zero-order valence-corrected chi connectivity index (χ0v) is 14.3. The normalized spacial score (nSPS) is 15.8. The third-order valence-corrected chi connectivity index (χ3v) is 4.78. The fourth-order valence-electron chi connectivity index (χ4n) is 2.74. The molecule has 126 valence electrons. The van der Waals surface area contributed by atoms with Gasteiger partial charge in [0, 0.05) is 41.8 Å². The van der Waals surface area contributed by atoms with Gasteiger partial charge in [0.2, 0.25) is 11.9 Å². The van der Waals surface area contributed by atoms with Crippen LogP contribution < -0.4 is 15.8 Å². The van der Waals surface area contributed by atoms with Gasteiger partial charge >= 0.3 is 0 Å². The molecule has 0 radical (unpaired) electrons. The van der Waals surface area contributed by atoms with Crippen LogP contribution in [0, 0.1) is 6.92 Å². The quantitative estimate of drug-likeness (QED) is 0.831. The number of hydrogen-bond acceptors (Lipinski definition) is 5. The molecular weight excluding hydrogens is 324 g/mol. The van der Waals surface area contributed by atoms with Crippen LogP contribution in [0.25, 0.3) is 6.08 Å². The summed E-state index contributed by atoms with van der Waals surface area (Å²) in [6, 6.07) is 5.57. The summed E-state index contributed by atoms with van der Waals surface area (Å²) in [5.41, 5.74) is 0.578. The fraction of sp³-hybridized carbons (Fsp3) is 0.353. The van der Waals surface area contributed by atoms with Crippen LogP contribution in [0.15, 0.2) is 34.4 Å². The molecule has 0 aromatic carbocycles. The van der Waals surface area contributed by atoms with Crippen molar-refractivity contribution in [2.45, 2.75) is 25.8 Å². The van der Waals surface area contributed by atoms with Crippen LogP contribution in [0.1, 0.15) is 23.4 Å². The lowest BCUT2D eigenvalue weighted by Crippen LogP contribution is -2.45. The number of aromatic amines is 1. The van der Waals surface area contributed by atoms with Crippen molar-refractivity contribution in [3.63, 3.8) is 0 Å². The summed E-state index contributed by atoms with van der Waals surface area (Å²) < 4.78 is 0. The maximum absolute atomic E-state index is 12.0. The molecule has 0 atom stereocenters. The van der Waals surface area contributed by atoms with Gasteiger partial charge in [-0.05, 0) is 37.3 Å². The summed E-state index contributed by atoms with van der Waals surface area (Å²) in [5, 5.41) is 5.02. The second kappa shape index (κ2) is 7.44. The maximum Gasteiger partial charge on any atom is 0.252 e. The van der Waals surface area contributed by atoms with Gasteiger partial charge in [0.1, 0.15) is 0 Å². The minimum atomic E-state index is -0.133. The van der Waals surface area contributed by atoms with Gasteiger partial charge in [-0.2, -0.15) is 0 Å². The molecule has 1 aliphatic rings. The van der Waals surface area contributed by atoms with Gasteiger partial charge < -0.3 is 10.2 Å². The molecule has 2 N–H and O–H groups in total. The number of nitrogens with one attached hydrogen (secondary N) is 2. The van der Waals surface area contributed by atoms with Gasteiger partial charge in [0.25, 0.3) is 5.56 Å². The van der Waals surface area contributed by atoms with Gasteiger partial charge in [-0.1, -0.05) is 6.07 Å². The highest BCUT2D eigenvalue weighted by Crippen LogP contribution is 2.15. The first-order valence-corrected chi connectivity index (χ1v) is 8.83. The van der Waals surface area contributed by atoms with Crippen molar-refractivity contribution in [1.29, 1.82) is 0 Å². The lowest BCUT2D eigenvalue weighted by Gasteiger charge is -2.32. The van der Waals surface area contributed by atoms with Crippen LogP contribution >= 0.6 is 11.3 Å². The monoisotopic (exact) mass is 344 g/mol. The molecular formula is C17H20N4O2S. The highest BCUT2D eigenvalue weighted by molar-refractivity contribution is 7.10. The molecule has 0 unspecified atom stereocenters. The largest absolute Gasteiger partial charge is 0.350 e. The van der Waals surface area contributed by atoms with E-state index in [0.29, 0.717) is 11.6 Å². The SMILES string of the molecule is Cc1cc(=O)[nH]c(N2CCC(NC(=O)/C=C\c3cccs3)CC2)n1. The lowest BCUT2D eigenvalue weighted by atomic mass is 10.1. The average Bonchev–Trinajstić information content (AvgIpc) is 3.06. The lowest BCUT2D eigenvalue weighted by molar-refractivity contribution is -0.117. The molecule has 6 nitrogen and oxygen atoms in total. The van der Waals surface area contributed by atoms with Crippen molar-refractivity contribution in [3.8, 4) is 0 Å². The van der Waals surface area contributed by atoms with Gasteiger partial charge in [-0.25, -0.2) is 4.98 Å². The molecule has 0 saturated carbocycles. The Morgan fingerprint density at radius 1 is 1.46 bits per heavy atom. The Morgan fingerprint density at radius 3 is 2.92 bits per heavy atom. The number of piperidine rings is 1. The first-order chi connectivity index (χ1) is 11.6. The van der Waals surface area contributed by atoms with E-state index in [1.165, 1.54) is 6.07 Å². The summed E-state index contributed by atoms with van der Waals surface area (Å²) in [5.74, 6) is 0.548. The van der Waals surface area contributed by atoms with Crippen LogP contribution in [0.3, 0.4) is 0 Å². The van der Waals surface area contributed by atoms with E-state index in [4.69, 9.17) is 0 Å². The van der Waals surface area contributed by atoms with E-state index in [0.717, 1.165) is 30.8 Å². The first-order valence-electron chi connectivity index (χ1n) is 7.95. The molecule has 3 heterocycles. The van der Waals surface area contributed by atoms with Crippen LogP contribution in [0.2, 0.25) is 0 Å². The fourth-order valence-corrected chi connectivity index (χ4v) is 3.36. The molecule has 0 spiro atoms. The van der Waals surface area contributed by atoms with Crippen molar-refractivity contribution in [1.82, 2.24) is 15.3 Å². The minimum Gasteiger partial charge on any atom is -0.350 e. The Labute approximate surface area is 144 Å². The summed E-state index contributed by atoms with van der Waals surface area (Å²) in [6.07, 6.45) is 5.07. The number of aryl methyl sites for hydroxylation is 1. The number of H-pyrrole nitrogens is 1. The molecule has 1 saturated heterocycles. The molecule has 0 bridgehead atoms. The molecule has 2 aromatic rings. The number of thiophene rings is 1. The molecule has 7 heteroatoms. The van der Waals surface area contributed by atoms with E-state index in [2.05, 4.69) is 20.2 Å². The molecule has 3 rings (SSSR count). The Bertz CT molecular complexity index is 774. The third kappa shape index (κ3) is 4.32. The van der Waals surface area contributed by atoms with E-state index in [1.54, 1.807) is 17.4 Å². The summed E-state index contributed by atoms with van der Waals surface area (Å²) >= 11 is 1.60. The van der Waals surface area contributed by atoms with Crippen LogP contribution in [0.5, 0.6) is 0 Å². The second-order valence-electron chi connectivity index (χ2n) is 5.83. The van der Waals surface area contributed by atoms with Crippen LogP contribution in [-0.4, -0.2) is 35.0 Å². The van der Waals surface area contributed by atoms with Gasteiger partial charge in [0.15, 0.2) is 0 Å². The van der Waals surface area contributed by atoms with Gasteiger partial charge in [-0.3, -0.25) is 14.6 Å². The van der Waals surface area contributed by atoms with E-state index >= 15 is 0 Å². The summed E-state index contributed by atoms with van der Waals surface area (Å²) in [4.78, 5) is 33.8. The highest BCUT2D eigenvalue weighted by Gasteiger charge is 2.21. The van der Waals surface area contributed by atoms with Crippen molar-refractivity contribution < 1.29 is 4.79 Å². The van der Waals surface area contributed by atoms with E-state index < -0.39 is 0 Å². The summed E-state index contributed by atoms with van der Waals surface area (Å²) in [6.45, 7) is 3.32. The van der Waals surface area contributed by atoms with E-state index in [-0.39, 0.29) is 17.5 Å². The number of carbonyl (C=O) groups is 1. The van der Waals surface area contributed by atoms with Crippen molar-refractivity contribution in [3.05, 3.63) is 50.6 Å². The van der Waals surface area contributed by atoms with Crippen molar-refractivity contribution in [2.75, 3.05) is 18.0 Å². The Balaban J connectivity index is 1.51. The van der Waals surface area contributed by atoms with E-state index in [1.807, 2.05) is 30.5 Å². The Morgan fingerprint density at radius 2 is 2.25 bits per heavy atom. The van der Waals surface area contributed by atoms with E-state index in [9.17, 15) is 9.59 Å². The number of rotatable bonds is 4. The standard InChI is InChI=1S/C17H20N4O2S/c1-12-11-16(23)20-17(18-12)21-8-6-13(7-9-21)19-15(22)5-4-14-3-2-10-24-14/h2-5,10-11,13H,6-9H2,1H3,(H,19,22)(H,18,20,23)/b5-4-. The zero-order chi connectivity index (χ0) is 16.9. The Kier molecular flexibility index (Phi) is 5.10. The topological polar surface area (TPSA) is 78.1 Å². The predicted molar refractivity (Wildman–Crippen MR) is 96.3 cm³/mol. The molecule has 1 amide bonds. The maximum atomic E-state index is 12.0. The smallest absolute Gasteiger partial charge is 0.252 e. The highest BCUT2D eigenvalue weighted by atomic mass is 32.1. The predicted octanol–water partition coefficient (Wildman–Crippen LogP) is 1.94. The van der Waals surface area contributed by atoms with Gasteiger partial charge in [-0.15, -0.1) is 11.3 Å². The minimum absolute atomic E-state index is 0.0658. The number of anilines is 1. The zero-order valence-electron chi connectivity index (χ0n) is 13.5. The van der Waals surface area contributed by atoms with Crippen molar-refractivity contribution >= 4 is 29.3 Å². The third-order valence-electron chi connectivity index (χ3n) is 3.94. The van der Waals surface area contributed by atoms with Crippen LogP contribution in [-0.2, 0) is 4.79 Å². The molecule has 2 aromatic heterocycles. The average molecular weight is 344 g/mol. The molecule has 24 heavy (non-hydrogen) atoms. The van der Waals surface area contributed by atoms with Crippen molar-refractivity contribution in [2.24, 2.45) is 0 Å². The molecule has 1 fully saturated rings. The van der Waals surface area contributed by atoms with Gasteiger partial charge in [0.05, 0.1) is 0 Å². The first kappa shape index (κ1) is 16.4. The summed E-state index contributed by atoms with van der Waals surface area (Å²) in [7, 11) is 0. The number of carbonyl (C=O) groups excluding carboxylic acids is 1. The number of amides is 1.